The minimum atomic E-state index is -0.0305. The van der Waals surface area contributed by atoms with Crippen LogP contribution in [0.2, 0.25) is 0 Å². The Balaban J connectivity index is 1.87. The number of aryl methyl sites for hydroxylation is 3. The van der Waals surface area contributed by atoms with Crippen LogP contribution in [0.25, 0.3) is 0 Å². The molecule has 0 aromatic heterocycles. The fourth-order valence-corrected chi connectivity index (χ4v) is 3.10. The Bertz CT molecular complexity index is 669. The third-order valence-corrected chi connectivity index (χ3v) is 4.98. The fraction of sp³-hybridized carbons (Fsp3) is 0.619. The standard InChI is InChI=1S/C21H33N3O2/c1-15-11-17(3)18(12-16(15)2)13-19(25)23-7-9-24(10-8-23)20(26)22-14-21(4,5)6/h11-12H,7-10,13-14H2,1-6H3,(H,22,26). The number of hydrogen-bond acceptors (Lipinski definition) is 2. The van der Waals surface area contributed by atoms with Gasteiger partial charge in [0.25, 0.3) is 0 Å². The number of piperazine rings is 1. The number of rotatable bonds is 3. The lowest BCUT2D eigenvalue weighted by Gasteiger charge is -2.35. The van der Waals surface area contributed by atoms with Crippen molar-refractivity contribution in [2.75, 3.05) is 32.7 Å². The van der Waals surface area contributed by atoms with Gasteiger partial charge in [-0.1, -0.05) is 32.9 Å². The van der Waals surface area contributed by atoms with Gasteiger partial charge < -0.3 is 15.1 Å². The van der Waals surface area contributed by atoms with Crippen molar-refractivity contribution in [3.8, 4) is 0 Å². The Hall–Kier alpha value is -2.04. The van der Waals surface area contributed by atoms with Crippen molar-refractivity contribution >= 4 is 11.9 Å². The van der Waals surface area contributed by atoms with Crippen molar-refractivity contribution in [3.05, 3.63) is 34.4 Å². The summed E-state index contributed by atoms with van der Waals surface area (Å²) >= 11 is 0. The summed E-state index contributed by atoms with van der Waals surface area (Å²) in [6.45, 7) is 15.6. The van der Waals surface area contributed by atoms with E-state index in [0.717, 1.165) is 5.56 Å². The second-order valence-corrected chi connectivity index (χ2v) is 8.63. The molecule has 1 heterocycles. The van der Waals surface area contributed by atoms with Gasteiger partial charge in [-0.05, 0) is 48.4 Å². The van der Waals surface area contributed by atoms with Crippen molar-refractivity contribution in [3.63, 3.8) is 0 Å². The summed E-state index contributed by atoms with van der Waals surface area (Å²) < 4.78 is 0. The van der Waals surface area contributed by atoms with E-state index >= 15 is 0 Å². The molecule has 0 unspecified atom stereocenters. The van der Waals surface area contributed by atoms with Gasteiger partial charge in [-0.3, -0.25) is 4.79 Å². The molecule has 1 aliphatic heterocycles. The first kappa shape index (κ1) is 20.3. The number of nitrogens with one attached hydrogen (secondary N) is 1. The van der Waals surface area contributed by atoms with Crippen LogP contribution in [0, 0.1) is 26.2 Å². The summed E-state index contributed by atoms with van der Waals surface area (Å²) in [5.74, 6) is 0.145. The van der Waals surface area contributed by atoms with E-state index in [2.05, 4.69) is 59.0 Å². The Morgan fingerprint density at radius 3 is 2.04 bits per heavy atom. The average Bonchev–Trinajstić information content (AvgIpc) is 2.57. The quantitative estimate of drug-likeness (QED) is 0.902. The van der Waals surface area contributed by atoms with Crippen molar-refractivity contribution in [1.82, 2.24) is 15.1 Å². The highest BCUT2D eigenvalue weighted by Gasteiger charge is 2.25. The minimum Gasteiger partial charge on any atom is -0.339 e. The van der Waals surface area contributed by atoms with E-state index < -0.39 is 0 Å². The minimum absolute atomic E-state index is 0.0305. The van der Waals surface area contributed by atoms with Gasteiger partial charge in [-0.25, -0.2) is 4.79 Å². The Morgan fingerprint density at radius 2 is 1.46 bits per heavy atom. The van der Waals surface area contributed by atoms with Gasteiger partial charge in [-0.2, -0.15) is 0 Å². The molecule has 5 nitrogen and oxygen atoms in total. The molecule has 0 aliphatic carbocycles. The Labute approximate surface area is 157 Å². The zero-order chi connectivity index (χ0) is 19.5. The van der Waals surface area contributed by atoms with Gasteiger partial charge in [0.1, 0.15) is 0 Å². The number of amides is 3. The topological polar surface area (TPSA) is 52.7 Å². The van der Waals surface area contributed by atoms with Gasteiger partial charge in [0.15, 0.2) is 0 Å². The molecule has 5 heteroatoms. The number of carbonyl (C=O) groups is 2. The first-order chi connectivity index (χ1) is 12.1. The maximum Gasteiger partial charge on any atom is 0.317 e. The van der Waals surface area contributed by atoms with Crippen molar-refractivity contribution < 1.29 is 9.59 Å². The van der Waals surface area contributed by atoms with Crippen LogP contribution in [-0.2, 0) is 11.2 Å². The largest absolute Gasteiger partial charge is 0.339 e. The number of hydrogen-bond donors (Lipinski definition) is 1. The van der Waals surface area contributed by atoms with Crippen molar-refractivity contribution in [2.24, 2.45) is 5.41 Å². The summed E-state index contributed by atoms with van der Waals surface area (Å²) in [6, 6.07) is 4.24. The van der Waals surface area contributed by atoms with Gasteiger partial charge in [0.05, 0.1) is 6.42 Å². The highest BCUT2D eigenvalue weighted by molar-refractivity contribution is 5.80. The molecular formula is C21H33N3O2. The summed E-state index contributed by atoms with van der Waals surface area (Å²) in [5, 5.41) is 2.98. The van der Waals surface area contributed by atoms with Crippen LogP contribution in [0.1, 0.15) is 43.0 Å². The molecule has 1 N–H and O–H groups in total. The summed E-state index contributed by atoms with van der Waals surface area (Å²) in [5.41, 5.74) is 4.81. The van der Waals surface area contributed by atoms with Crippen molar-refractivity contribution in [2.45, 2.75) is 48.0 Å². The highest BCUT2D eigenvalue weighted by atomic mass is 16.2. The third-order valence-electron chi connectivity index (χ3n) is 4.98. The molecule has 0 radical (unpaired) electrons. The molecule has 144 valence electrons. The van der Waals surface area contributed by atoms with E-state index in [0.29, 0.717) is 39.1 Å². The second kappa shape index (κ2) is 8.11. The summed E-state index contributed by atoms with van der Waals surface area (Å²) in [7, 11) is 0. The molecule has 26 heavy (non-hydrogen) atoms. The molecule has 1 saturated heterocycles. The first-order valence-corrected chi connectivity index (χ1v) is 9.44. The summed E-state index contributed by atoms with van der Waals surface area (Å²) in [6.07, 6.45) is 0.434. The Kier molecular flexibility index (Phi) is 6.32. The average molecular weight is 360 g/mol. The third kappa shape index (κ3) is 5.48. The number of nitrogens with zero attached hydrogens (tertiary/aromatic N) is 2. The molecule has 3 amide bonds. The molecule has 0 spiro atoms. The van der Waals surface area contributed by atoms with Crippen LogP contribution >= 0.6 is 0 Å². The molecule has 1 aromatic rings. The normalized spacial score (nSPS) is 15.2. The van der Waals surface area contributed by atoms with Gasteiger partial charge in [0, 0.05) is 32.7 Å². The molecule has 0 atom stereocenters. The molecule has 1 fully saturated rings. The highest BCUT2D eigenvalue weighted by Crippen LogP contribution is 2.17. The van der Waals surface area contributed by atoms with E-state index in [1.54, 1.807) is 4.90 Å². The van der Waals surface area contributed by atoms with Crippen LogP contribution < -0.4 is 5.32 Å². The van der Waals surface area contributed by atoms with E-state index in [1.807, 2.05) is 4.90 Å². The van der Waals surface area contributed by atoms with Crippen LogP contribution in [0.5, 0.6) is 0 Å². The predicted octanol–water partition coefficient (Wildman–Crippen LogP) is 3.05. The van der Waals surface area contributed by atoms with Gasteiger partial charge >= 0.3 is 6.03 Å². The number of urea groups is 1. The second-order valence-electron chi connectivity index (χ2n) is 8.63. The zero-order valence-corrected chi connectivity index (χ0v) is 17.1. The van der Waals surface area contributed by atoms with Crippen LogP contribution in [0.15, 0.2) is 12.1 Å². The van der Waals surface area contributed by atoms with E-state index in [9.17, 15) is 9.59 Å². The molecule has 1 aliphatic rings. The molecular weight excluding hydrogens is 326 g/mol. The zero-order valence-electron chi connectivity index (χ0n) is 17.1. The fourth-order valence-electron chi connectivity index (χ4n) is 3.10. The number of benzene rings is 1. The first-order valence-electron chi connectivity index (χ1n) is 9.44. The smallest absolute Gasteiger partial charge is 0.317 e. The Morgan fingerprint density at radius 1 is 0.923 bits per heavy atom. The monoisotopic (exact) mass is 359 g/mol. The van der Waals surface area contributed by atoms with Crippen LogP contribution in [0.4, 0.5) is 4.79 Å². The van der Waals surface area contributed by atoms with E-state index in [1.165, 1.54) is 16.7 Å². The molecule has 0 bridgehead atoms. The molecule has 0 saturated carbocycles. The lowest BCUT2D eigenvalue weighted by atomic mass is 9.97. The lowest BCUT2D eigenvalue weighted by molar-refractivity contribution is -0.131. The number of carbonyl (C=O) groups excluding carboxylic acids is 2. The van der Waals surface area contributed by atoms with Gasteiger partial charge in [-0.15, -0.1) is 0 Å². The SMILES string of the molecule is Cc1cc(C)c(CC(=O)N2CCN(C(=O)NCC(C)(C)C)CC2)cc1C. The van der Waals surface area contributed by atoms with E-state index in [-0.39, 0.29) is 17.4 Å². The van der Waals surface area contributed by atoms with Crippen LogP contribution in [-0.4, -0.2) is 54.5 Å². The maximum absolute atomic E-state index is 12.7. The van der Waals surface area contributed by atoms with Crippen molar-refractivity contribution in [1.29, 1.82) is 0 Å². The predicted molar refractivity (Wildman–Crippen MR) is 105 cm³/mol. The maximum atomic E-state index is 12.7. The van der Waals surface area contributed by atoms with E-state index in [4.69, 9.17) is 0 Å². The lowest BCUT2D eigenvalue weighted by Crippen LogP contribution is -2.54. The summed E-state index contributed by atoms with van der Waals surface area (Å²) in [4.78, 5) is 28.6. The molecule has 1 aromatic carbocycles. The van der Waals surface area contributed by atoms with Crippen LogP contribution in [0.3, 0.4) is 0 Å². The van der Waals surface area contributed by atoms with Gasteiger partial charge in [0.2, 0.25) is 5.91 Å². The molecule has 2 rings (SSSR count).